The SMILES string of the molecule is CN(c1nccs1)C1CCCC1O. The van der Waals surface area contributed by atoms with Crippen molar-refractivity contribution in [3.8, 4) is 0 Å². The maximum Gasteiger partial charge on any atom is 0.185 e. The molecule has 72 valence electrons. The molecule has 1 fully saturated rings. The van der Waals surface area contributed by atoms with Gasteiger partial charge in [-0.25, -0.2) is 4.98 Å². The first-order chi connectivity index (χ1) is 6.29. The quantitative estimate of drug-likeness (QED) is 0.782. The Morgan fingerprint density at radius 2 is 2.46 bits per heavy atom. The van der Waals surface area contributed by atoms with Crippen LogP contribution in [-0.2, 0) is 0 Å². The minimum atomic E-state index is -0.172. The third-order valence-electron chi connectivity index (χ3n) is 2.66. The first-order valence-electron chi connectivity index (χ1n) is 4.59. The Labute approximate surface area is 82.0 Å². The molecule has 2 unspecified atom stereocenters. The molecule has 0 spiro atoms. The largest absolute Gasteiger partial charge is 0.391 e. The molecule has 0 amide bonds. The molecular formula is C9H14N2OS. The van der Waals surface area contributed by atoms with Crippen LogP contribution in [-0.4, -0.2) is 29.3 Å². The molecule has 1 aromatic rings. The van der Waals surface area contributed by atoms with Gasteiger partial charge in [0, 0.05) is 18.6 Å². The summed E-state index contributed by atoms with van der Waals surface area (Å²) < 4.78 is 0. The van der Waals surface area contributed by atoms with E-state index in [-0.39, 0.29) is 12.1 Å². The van der Waals surface area contributed by atoms with Crippen LogP contribution in [0.15, 0.2) is 11.6 Å². The molecule has 0 bridgehead atoms. The molecule has 13 heavy (non-hydrogen) atoms. The lowest BCUT2D eigenvalue weighted by atomic mass is 10.2. The summed E-state index contributed by atoms with van der Waals surface area (Å²) in [6.45, 7) is 0. The lowest BCUT2D eigenvalue weighted by Gasteiger charge is -2.26. The molecule has 4 heteroatoms. The summed E-state index contributed by atoms with van der Waals surface area (Å²) in [5, 5.41) is 12.7. The molecule has 2 atom stereocenters. The predicted molar refractivity (Wildman–Crippen MR) is 54.2 cm³/mol. The van der Waals surface area contributed by atoms with Crippen molar-refractivity contribution in [3.63, 3.8) is 0 Å². The number of rotatable bonds is 2. The van der Waals surface area contributed by atoms with E-state index >= 15 is 0 Å². The second-order valence-electron chi connectivity index (χ2n) is 3.49. The second-order valence-corrected chi connectivity index (χ2v) is 4.36. The first kappa shape index (κ1) is 8.97. The van der Waals surface area contributed by atoms with Gasteiger partial charge in [0.25, 0.3) is 0 Å². The summed E-state index contributed by atoms with van der Waals surface area (Å²) in [5.41, 5.74) is 0. The van der Waals surface area contributed by atoms with Crippen LogP contribution in [0.5, 0.6) is 0 Å². The molecular weight excluding hydrogens is 184 g/mol. The van der Waals surface area contributed by atoms with E-state index in [1.165, 1.54) is 0 Å². The van der Waals surface area contributed by atoms with E-state index < -0.39 is 0 Å². The Morgan fingerprint density at radius 3 is 3.00 bits per heavy atom. The Morgan fingerprint density at radius 1 is 1.62 bits per heavy atom. The van der Waals surface area contributed by atoms with Crippen molar-refractivity contribution in [2.75, 3.05) is 11.9 Å². The van der Waals surface area contributed by atoms with Crippen LogP contribution in [0.4, 0.5) is 5.13 Å². The summed E-state index contributed by atoms with van der Waals surface area (Å²) in [5.74, 6) is 0. The second kappa shape index (κ2) is 3.64. The normalized spacial score (nSPS) is 27.8. The molecule has 2 rings (SSSR count). The fourth-order valence-corrected chi connectivity index (χ4v) is 2.57. The molecule has 1 aromatic heterocycles. The molecule has 0 saturated heterocycles. The van der Waals surface area contributed by atoms with E-state index in [1.807, 2.05) is 12.4 Å². The number of aliphatic hydroxyl groups is 1. The van der Waals surface area contributed by atoms with Gasteiger partial charge in [0.15, 0.2) is 5.13 Å². The highest BCUT2D eigenvalue weighted by atomic mass is 32.1. The van der Waals surface area contributed by atoms with E-state index in [1.54, 1.807) is 17.5 Å². The van der Waals surface area contributed by atoms with Crippen LogP contribution >= 0.6 is 11.3 Å². The standard InChI is InChI=1S/C9H14N2OS/c1-11(9-10-5-6-13-9)7-3-2-4-8(7)12/h5-8,12H,2-4H2,1H3. The highest BCUT2D eigenvalue weighted by molar-refractivity contribution is 7.13. The van der Waals surface area contributed by atoms with Gasteiger partial charge in [-0.1, -0.05) is 0 Å². The maximum absolute atomic E-state index is 9.69. The highest BCUT2D eigenvalue weighted by Crippen LogP contribution is 2.28. The van der Waals surface area contributed by atoms with Gasteiger partial charge in [0.2, 0.25) is 0 Å². The van der Waals surface area contributed by atoms with Crippen LogP contribution < -0.4 is 4.90 Å². The summed E-state index contributed by atoms with van der Waals surface area (Å²) in [6.07, 6.45) is 4.77. The van der Waals surface area contributed by atoms with Crippen molar-refractivity contribution in [2.45, 2.75) is 31.4 Å². The van der Waals surface area contributed by atoms with Gasteiger partial charge in [-0.2, -0.15) is 0 Å². The molecule has 1 aliphatic rings. The third-order valence-corrected chi connectivity index (χ3v) is 3.52. The van der Waals surface area contributed by atoms with Gasteiger partial charge in [0.1, 0.15) is 0 Å². The zero-order valence-electron chi connectivity index (χ0n) is 7.68. The fourth-order valence-electron chi connectivity index (χ4n) is 1.90. The average molecular weight is 198 g/mol. The van der Waals surface area contributed by atoms with Crippen LogP contribution in [0.3, 0.4) is 0 Å². The number of nitrogens with zero attached hydrogens (tertiary/aromatic N) is 2. The van der Waals surface area contributed by atoms with Crippen LogP contribution in [0.25, 0.3) is 0 Å². The lowest BCUT2D eigenvalue weighted by Crippen LogP contribution is -2.37. The number of anilines is 1. The Hall–Kier alpha value is -0.610. The number of hydrogen-bond acceptors (Lipinski definition) is 4. The number of thiazole rings is 1. The molecule has 3 nitrogen and oxygen atoms in total. The minimum Gasteiger partial charge on any atom is -0.391 e. The van der Waals surface area contributed by atoms with Gasteiger partial charge in [-0.15, -0.1) is 11.3 Å². The van der Waals surface area contributed by atoms with Gasteiger partial charge in [-0.3, -0.25) is 0 Å². The fraction of sp³-hybridized carbons (Fsp3) is 0.667. The zero-order chi connectivity index (χ0) is 9.26. The first-order valence-corrected chi connectivity index (χ1v) is 5.47. The predicted octanol–water partition coefficient (Wildman–Crippen LogP) is 1.49. The van der Waals surface area contributed by atoms with Gasteiger partial charge >= 0.3 is 0 Å². The molecule has 1 saturated carbocycles. The molecule has 1 heterocycles. The topological polar surface area (TPSA) is 36.4 Å². The number of likely N-dealkylation sites (N-methyl/N-ethyl adjacent to an activating group) is 1. The van der Waals surface area contributed by atoms with Gasteiger partial charge < -0.3 is 10.0 Å². The Balaban J connectivity index is 2.08. The van der Waals surface area contributed by atoms with Crippen molar-refractivity contribution < 1.29 is 5.11 Å². The van der Waals surface area contributed by atoms with E-state index in [0.29, 0.717) is 0 Å². The molecule has 1 N–H and O–H groups in total. The van der Waals surface area contributed by atoms with E-state index in [4.69, 9.17) is 0 Å². The number of hydrogen-bond donors (Lipinski definition) is 1. The Kier molecular flexibility index (Phi) is 2.51. The molecule has 0 aliphatic heterocycles. The molecule has 1 aliphatic carbocycles. The smallest absolute Gasteiger partial charge is 0.185 e. The van der Waals surface area contributed by atoms with E-state index in [9.17, 15) is 5.11 Å². The van der Waals surface area contributed by atoms with Crippen molar-refractivity contribution in [1.82, 2.24) is 4.98 Å². The van der Waals surface area contributed by atoms with Crippen molar-refractivity contribution in [1.29, 1.82) is 0 Å². The average Bonchev–Trinajstić information content (AvgIpc) is 2.72. The number of aliphatic hydroxyl groups excluding tert-OH is 1. The monoisotopic (exact) mass is 198 g/mol. The summed E-state index contributed by atoms with van der Waals surface area (Å²) in [4.78, 5) is 6.33. The van der Waals surface area contributed by atoms with Crippen molar-refractivity contribution in [3.05, 3.63) is 11.6 Å². The van der Waals surface area contributed by atoms with Gasteiger partial charge in [-0.05, 0) is 19.3 Å². The minimum absolute atomic E-state index is 0.172. The van der Waals surface area contributed by atoms with E-state index in [2.05, 4.69) is 9.88 Å². The van der Waals surface area contributed by atoms with Crippen LogP contribution in [0.2, 0.25) is 0 Å². The Bertz CT molecular complexity index is 263. The van der Waals surface area contributed by atoms with Crippen LogP contribution in [0.1, 0.15) is 19.3 Å². The van der Waals surface area contributed by atoms with Crippen molar-refractivity contribution in [2.24, 2.45) is 0 Å². The highest BCUT2D eigenvalue weighted by Gasteiger charge is 2.29. The lowest BCUT2D eigenvalue weighted by molar-refractivity contribution is 0.163. The summed E-state index contributed by atoms with van der Waals surface area (Å²) >= 11 is 1.62. The van der Waals surface area contributed by atoms with Crippen LogP contribution in [0, 0.1) is 0 Å². The van der Waals surface area contributed by atoms with E-state index in [0.717, 1.165) is 24.4 Å². The molecule has 0 aromatic carbocycles. The number of aromatic nitrogens is 1. The zero-order valence-corrected chi connectivity index (χ0v) is 8.50. The summed E-state index contributed by atoms with van der Waals surface area (Å²) in [7, 11) is 2.01. The summed E-state index contributed by atoms with van der Waals surface area (Å²) in [6, 6.07) is 0.270. The third kappa shape index (κ3) is 1.69. The van der Waals surface area contributed by atoms with Crippen molar-refractivity contribution >= 4 is 16.5 Å². The molecule has 0 radical (unpaired) electrons. The van der Waals surface area contributed by atoms with Gasteiger partial charge in [0.05, 0.1) is 12.1 Å². The maximum atomic E-state index is 9.69.